The van der Waals surface area contributed by atoms with E-state index in [-0.39, 0.29) is 12.5 Å². The zero-order valence-electron chi connectivity index (χ0n) is 11.7. The van der Waals surface area contributed by atoms with Crippen molar-refractivity contribution in [2.75, 3.05) is 6.54 Å². The SMILES string of the molecule is CCC1(c2ccc(Cl)cc2)NC(=O)N(CCCC#N)C1=O. The van der Waals surface area contributed by atoms with Gasteiger partial charge < -0.3 is 5.32 Å². The number of nitriles is 1. The Hall–Kier alpha value is -2.06. The molecule has 1 atom stereocenters. The van der Waals surface area contributed by atoms with Gasteiger partial charge in [-0.2, -0.15) is 5.26 Å². The number of halogens is 1. The molecule has 1 heterocycles. The number of amides is 3. The summed E-state index contributed by atoms with van der Waals surface area (Å²) in [5.41, 5.74) is -0.315. The molecule has 3 amide bonds. The number of unbranched alkanes of at least 4 members (excludes halogenated alkanes) is 1. The van der Waals surface area contributed by atoms with Crippen molar-refractivity contribution >= 4 is 23.5 Å². The molecular weight excluding hydrogens is 290 g/mol. The minimum atomic E-state index is -1.03. The van der Waals surface area contributed by atoms with Crippen LogP contribution in [0.1, 0.15) is 31.7 Å². The van der Waals surface area contributed by atoms with Crippen molar-refractivity contribution in [3.63, 3.8) is 0 Å². The number of hydrogen-bond acceptors (Lipinski definition) is 3. The number of urea groups is 1. The molecule has 1 aromatic carbocycles. The second-order valence-corrected chi connectivity index (χ2v) is 5.35. The van der Waals surface area contributed by atoms with Gasteiger partial charge in [0.2, 0.25) is 0 Å². The number of imide groups is 1. The van der Waals surface area contributed by atoms with Crippen molar-refractivity contribution in [1.29, 1.82) is 5.26 Å². The molecule has 1 fully saturated rings. The van der Waals surface area contributed by atoms with E-state index >= 15 is 0 Å². The molecule has 1 aliphatic rings. The largest absolute Gasteiger partial charge is 0.325 e. The Morgan fingerprint density at radius 1 is 1.33 bits per heavy atom. The van der Waals surface area contributed by atoms with Crippen molar-refractivity contribution in [3.8, 4) is 6.07 Å². The first-order chi connectivity index (χ1) is 10.0. The number of hydrogen-bond donors (Lipinski definition) is 1. The van der Waals surface area contributed by atoms with Gasteiger partial charge in [0.05, 0.1) is 6.07 Å². The van der Waals surface area contributed by atoms with Gasteiger partial charge in [-0.15, -0.1) is 0 Å². The van der Waals surface area contributed by atoms with Gasteiger partial charge in [-0.25, -0.2) is 4.79 Å². The molecule has 1 unspecified atom stereocenters. The fourth-order valence-electron chi connectivity index (χ4n) is 2.52. The van der Waals surface area contributed by atoms with Crippen LogP contribution in [0.3, 0.4) is 0 Å². The lowest BCUT2D eigenvalue weighted by atomic mass is 9.87. The highest BCUT2D eigenvalue weighted by molar-refractivity contribution is 6.30. The van der Waals surface area contributed by atoms with Gasteiger partial charge in [-0.05, 0) is 30.5 Å². The van der Waals surface area contributed by atoms with E-state index < -0.39 is 11.6 Å². The molecular formula is C15H16ClN3O2. The maximum Gasteiger partial charge on any atom is 0.325 e. The maximum absolute atomic E-state index is 12.7. The first-order valence-corrected chi connectivity index (χ1v) is 7.20. The zero-order valence-corrected chi connectivity index (χ0v) is 12.5. The van der Waals surface area contributed by atoms with Crippen LogP contribution in [-0.4, -0.2) is 23.4 Å². The smallest absolute Gasteiger partial charge is 0.319 e. The summed E-state index contributed by atoms with van der Waals surface area (Å²) in [7, 11) is 0. The molecule has 21 heavy (non-hydrogen) atoms. The fraction of sp³-hybridized carbons (Fsp3) is 0.400. The van der Waals surface area contributed by atoms with Crippen LogP contribution in [0.4, 0.5) is 4.79 Å². The van der Waals surface area contributed by atoms with Crippen molar-refractivity contribution in [2.45, 2.75) is 31.7 Å². The van der Waals surface area contributed by atoms with E-state index in [1.807, 2.05) is 13.0 Å². The summed E-state index contributed by atoms with van der Waals surface area (Å²) in [6.45, 7) is 2.11. The third-order valence-electron chi connectivity index (χ3n) is 3.71. The van der Waals surface area contributed by atoms with E-state index in [2.05, 4.69) is 5.32 Å². The van der Waals surface area contributed by atoms with Gasteiger partial charge in [0.25, 0.3) is 5.91 Å². The van der Waals surface area contributed by atoms with Gasteiger partial charge in [-0.3, -0.25) is 9.69 Å². The molecule has 6 heteroatoms. The van der Waals surface area contributed by atoms with Crippen LogP contribution in [0.15, 0.2) is 24.3 Å². The molecule has 0 bridgehead atoms. The lowest BCUT2D eigenvalue weighted by molar-refractivity contribution is -0.131. The Morgan fingerprint density at radius 2 is 2.00 bits per heavy atom. The van der Waals surface area contributed by atoms with Crippen molar-refractivity contribution in [3.05, 3.63) is 34.9 Å². The van der Waals surface area contributed by atoms with E-state index in [1.54, 1.807) is 24.3 Å². The predicted octanol–water partition coefficient (Wildman–Crippen LogP) is 2.80. The molecule has 0 aromatic heterocycles. The van der Waals surface area contributed by atoms with E-state index in [4.69, 9.17) is 16.9 Å². The Morgan fingerprint density at radius 3 is 2.57 bits per heavy atom. The van der Waals surface area contributed by atoms with Crippen molar-refractivity contribution in [1.82, 2.24) is 10.2 Å². The number of nitrogens with zero attached hydrogens (tertiary/aromatic N) is 2. The lowest BCUT2D eigenvalue weighted by Gasteiger charge is -2.25. The van der Waals surface area contributed by atoms with E-state index in [1.165, 1.54) is 4.90 Å². The van der Waals surface area contributed by atoms with Gasteiger partial charge in [0, 0.05) is 18.0 Å². The van der Waals surface area contributed by atoms with Crippen LogP contribution >= 0.6 is 11.6 Å². The summed E-state index contributed by atoms with van der Waals surface area (Å²) in [6.07, 6.45) is 1.25. The molecule has 5 nitrogen and oxygen atoms in total. The van der Waals surface area contributed by atoms with Crippen LogP contribution in [0.2, 0.25) is 5.02 Å². The zero-order chi connectivity index (χ0) is 15.5. The first-order valence-electron chi connectivity index (χ1n) is 6.82. The second-order valence-electron chi connectivity index (χ2n) is 4.91. The molecule has 0 aliphatic carbocycles. The summed E-state index contributed by atoms with van der Waals surface area (Å²) >= 11 is 5.87. The molecule has 0 saturated carbocycles. The number of carbonyl (C=O) groups excluding carboxylic acids is 2. The van der Waals surface area contributed by atoms with Crippen LogP contribution in [0, 0.1) is 11.3 Å². The molecule has 2 rings (SSSR count). The van der Waals surface area contributed by atoms with Gasteiger partial charge in [0.1, 0.15) is 5.54 Å². The minimum absolute atomic E-state index is 0.258. The normalized spacial score (nSPS) is 21.3. The van der Waals surface area contributed by atoms with E-state index in [0.717, 1.165) is 5.56 Å². The molecule has 1 N–H and O–H groups in total. The summed E-state index contributed by atoms with van der Waals surface area (Å²) in [4.78, 5) is 25.9. The van der Waals surface area contributed by atoms with E-state index in [9.17, 15) is 9.59 Å². The number of rotatable bonds is 5. The van der Waals surface area contributed by atoms with Crippen LogP contribution in [-0.2, 0) is 10.3 Å². The predicted molar refractivity (Wildman–Crippen MR) is 78.5 cm³/mol. The Bertz CT molecular complexity index is 594. The molecule has 1 saturated heterocycles. The van der Waals surface area contributed by atoms with Crippen LogP contribution in [0.5, 0.6) is 0 Å². The topological polar surface area (TPSA) is 73.2 Å². The number of benzene rings is 1. The first kappa shape index (κ1) is 15.3. The lowest BCUT2D eigenvalue weighted by Crippen LogP contribution is -2.43. The summed E-state index contributed by atoms with van der Waals surface area (Å²) in [5.74, 6) is -0.268. The summed E-state index contributed by atoms with van der Waals surface area (Å²) in [5, 5.41) is 11.9. The van der Waals surface area contributed by atoms with Crippen molar-refractivity contribution in [2.24, 2.45) is 0 Å². The standard InChI is InChI=1S/C15H16ClN3O2/c1-2-15(11-5-7-12(16)8-6-11)13(20)19(14(21)18-15)10-4-3-9-17/h5-8H,2-4,10H2,1H3,(H,18,21). The quantitative estimate of drug-likeness (QED) is 0.671. The monoisotopic (exact) mass is 305 g/mol. The average molecular weight is 306 g/mol. The average Bonchev–Trinajstić information content (AvgIpc) is 2.73. The Balaban J connectivity index is 2.29. The van der Waals surface area contributed by atoms with Gasteiger partial charge >= 0.3 is 6.03 Å². The number of nitrogens with one attached hydrogen (secondary N) is 1. The Labute approximate surface area is 128 Å². The van der Waals surface area contributed by atoms with Gasteiger partial charge in [-0.1, -0.05) is 30.7 Å². The number of carbonyl (C=O) groups is 2. The molecule has 0 spiro atoms. The highest BCUT2D eigenvalue weighted by Crippen LogP contribution is 2.33. The highest BCUT2D eigenvalue weighted by Gasteiger charge is 2.50. The molecule has 0 radical (unpaired) electrons. The highest BCUT2D eigenvalue weighted by atomic mass is 35.5. The minimum Gasteiger partial charge on any atom is -0.319 e. The third-order valence-corrected chi connectivity index (χ3v) is 3.97. The third kappa shape index (κ3) is 2.72. The molecule has 1 aliphatic heterocycles. The van der Waals surface area contributed by atoms with Crippen molar-refractivity contribution < 1.29 is 9.59 Å². The summed E-state index contributed by atoms with van der Waals surface area (Å²) < 4.78 is 0. The summed E-state index contributed by atoms with van der Waals surface area (Å²) in [6, 6.07) is 8.51. The second kappa shape index (κ2) is 6.15. The van der Waals surface area contributed by atoms with Crippen LogP contribution in [0.25, 0.3) is 0 Å². The molecule has 1 aromatic rings. The van der Waals surface area contributed by atoms with E-state index in [0.29, 0.717) is 24.3 Å². The molecule has 110 valence electrons. The maximum atomic E-state index is 12.7. The fourth-order valence-corrected chi connectivity index (χ4v) is 2.65. The van der Waals surface area contributed by atoms with Gasteiger partial charge in [0.15, 0.2) is 0 Å². The van der Waals surface area contributed by atoms with Crippen LogP contribution < -0.4 is 5.32 Å². The Kier molecular flexibility index (Phi) is 4.49.